The fourth-order valence-electron chi connectivity index (χ4n) is 1.69. The van der Waals surface area contributed by atoms with Gasteiger partial charge in [0.15, 0.2) is 0 Å². The summed E-state index contributed by atoms with van der Waals surface area (Å²) in [6.07, 6.45) is 1.07. The van der Waals surface area contributed by atoms with Gasteiger partial charge >= 0.3 is 0 Å². The first-order chi connectivity index (χ1) is 9.24. The molecule has 0 fully saturated rings. The third-order valence-electron chi connectivity index (χ3n) is 2.74. The van der Waals surface area contributed by atoms with E-state index in [9.17, 15) is 4.79 Å². The standard InChI is InChI=1S/C17H15NO/c18-17(19)13-12-16-10-8-15(9-11-16)7-6-14-4-2-1-3-5-14/h1-5,8-11H,12-13H2,(H2,18,19). The second kappa shape index (κ2) is 6.42. The summed E-state index contributed by atoms with van der Waals surface area (Å²) in [5.74, 6) is 5.95. The lowest BCUT2D eigenvalue weighted by Crippen LogP contribution is -2.11. The molecule has 1 amide bonds. The van der Waals surface area contributed by atoms with Gasteiger partial charge in [-0.05, 0) is 36.2 Å². The number of hydrogen-bond acceptors (Lipinski definition) is 1. The Hall–Kier alpha value is -2.53. The highest BCUT2D eigenvalue weighted by molar-refractivity contribution is 5.74. The molecule has 0 heterocycles. The number of hydrogen-bond donors (Lipinski definition) is 1. The van der Waals surface area contributed by atoms with Crippen LogP contribution < -0.4 is 5.73 Å². The maximum atomic E-state index is 10.7. The van der Waals surface area contributed by atoms with Gasteiger partial charge in [0.1, 0.15) is 0 Å². The Balaban J connectivity index is 2.03. The molecule has 19 heavy (non-hydrogen) atoms. The Bertz CT molecular complexity index is 603. The Labute approximate surface area is 113 Å². The molecular formula is C17H15NO. The maximum Gasteiger partial charge on any atom is 0.217 e. The third kappa shape index (κ3) is 4.33. The molecule has 0 saturated carbocycles. The van der Waals surface area contributed by atoms with Gasteiger partial charge < -0.3 is 5.73 Å². The molecule has 2 aromatic rings. The Morgan fingerprint density at radius 3 is 2.05 bits per heavy atom. The van der Waals surface area contributed by atoms with Crippen LogP contribution in [0, 0.1) is 11.8 Å². The van der Waals surface area contributed by atoms with E-state index in [1.807, 2.05) is 54.6 Å². The molecule has 0 aliphatic heterocycles. The highest BCUT2D eigenvalue weighted by Crippen LogP contribution is 2.06. The zero-order valence-electron chi connectivity index (χ0n) is 10.6. The van der Waals surface area contributed by atoms with E-state index in [-0.39, 0.29) is 5.91 Å². The fraction of sp³-hybridized carbons (Fsp3) is 0.118. The van der Waals surface area contributed by atoms with E-state index in [0.717, 1.165) is 16.7 Å². The van der Waals surface area contributed by atoms with Crippen molar-refractivity contribution in [3.8, 4) is 11.8 Å². The van der Waals surface area contributed by atoms with Gasteiger partial charge in [0.2, 0.25) is 5.91 Å². The van der Waals surface area contributed by atoms with E-state index >= 15 is 0 Å². The summed E-state index contributed by atoms with van der Waals surface area (Å²) in [6.45, 7) is 0. The van der Waals surface area contributed by atoms with Gasteiger partial charge in [-0.2, -0.15) is 0 Å². The molecule has 0 aromatic heterocycles. The van der Waals surface area contributed by atoms with Crippen LogP contribution in [-0.4, -0.2) is 5.91 Å². The van der Waals surface area contributed by atoms with Gasteiger partial charge in [-0.1, -0.05) is 42.2 Å². The normalized spacial score (nSPS) is 9.47. The summed E-state index contributed by atoms with van der Waals surface area (Å²) in [4.78, 5) is 10.7. The van der Waals surface area contributed by atoms with Crippen LogP contribution in [0.4, 0.5) is 0 Å². The van der Waals surface area contributed by atoms with Crippen molar-refractivity contribution in [3.05, 3.63) is 71.3 Å². The highest BCUT2D eigenvalue weighted by Gasteiger charge is 1.97. The van der Waals surface area contributed by atoms with Crippen LogP contribution >= 0.6 is 0 Å². The predicted molar refractivity (Wildman–Crippen MR) is 76.4 cm³/mol. The van der Waals surface area contributed by atoms with Gasteiger partial charge in [0, 0.05) is 17.5 Å². The first-order valence-electron chi connectivity index (χ1n) is 6.18. The second-order valence-corrected chi connectivity index (χ2v) is 4.28. The molecule has 0 aliphatic rings. The van der Waals surface area contributed by atoms with Gasteiger partial charge in [-0.3, -0.25) is 4.79 Å². The minimum Gasteiger partial charge on any atom is -0.370 e. The summed E-state index contributed by atoms with van der Waals surface area (Å²) in [5, 5.41) is 0. The second-order valence-electron chi connectivity index (χ2n) is 4.28. The van der Waals surface area contributed by atoms with Crippen LogP contribution in [0.5, 0.6) is 0 Å². The van der Waals surface area contributed by atoms with Crippen LogP contribution in [-0.2, 0) is 11.2 Å². The van der Waals surface area contributed by atoms with Gasteiger partial charge in [0.25, 0.3) is 0 Å². The lowest BCUT2D eigenvalue weighted by molar-refractivity contribution is -0.117. The van der Waals surface area contributed by atoms with Crippen molar-refractivity contribution in [1.29, 1.82) is 0 Å². The van der Waals surface area contributed by atoms with E-state index in [0.29, 0.717) is 12.8 Å². The Kier molecular flexibility index (Phi) is 4.36. The molecule has 0 bridgehead atoms. The predicted octanol–water partition coefficient (Wildman–Crippen LogP) is 2.50. The molecule has 2 rings (SSSR count). The molecular weight excluding hydrogens is 234 g/mol. The summed E-state index contributed by atoms with van der Waals surface area (Å²) in [7, 11) is 0. The number of primary amides is 1. The van der Waals surface area contributed by atoms with Crippen LogP contribution in [0.3, 0.4) is 0 Å². The molecule has 94 valence electrons. The average molecular weight is 249 g/mol. The van der Waals surface area contributed by atoms with Crippen LogP contribution in [0.15, 0.2) is 54.6 Å². The molecule has 0 aliphatic carbocycles. The summed E-state index contributed by atoms with van der Waals surface area (Å²) in [5.41, 5.74) is 8.19. The van der Waals surface area contributed by atoms with Crippen LogP contribution in [0.2, 0.25) is 0 Å². The van der Waals surface area contributed by atoms with E-state index in [2.05, 4.69) is 11.8 Å². The maximum absolute atomic E-state index is 10.7. The van der Waals surface area contributed by atoms with Crippen molar-refractivity contribution in [1.82, 2.24) is 0 Å². The minimum atomic E-state index is -0.270. The van der Waals surface area contributed by atoms with Crippen molar-refractivity contribution in [2.24, 2.45) is 5.73 Å². The molecule has 2 heteroatoms. The minimum absolute atomic E-state index is 0.270. The largest absolute Gasteiger partial charge is 0.370 e. The lowest BCUT2D eigenvalue weighted by atomic mass is 10.1. The zero-order chi connectivity index (χ0) is 13.5. The smallest absolute Gasteiger partial charge is 0.217 e. The van der Waals surface area contributed by atoms with E-state index in [4.69, 9.17) is 5.73 Å². The number of amides is 1. The number of benzene rings is 2. The van der Waals surface area contributed by atoms with Gasteiger partial charge in [0.05, 0.1) is 0 Å². The van der Waals surface area contributed by atoms with Crippen molar-refractivity contribution < 1.29 is 4.79 Å². The highest BCUT2D eigenvalue weighted by atomic mass is 16.1. The number of nitrogens with two attached hydrogens (primary N) is 1. The quantitative estimate of drug-likeness (QED) is 0.834. The summed E-state index contributed by atoms with van der Waals surface area (Å²) < 4.78 is 0. The molecule has 2 N–H and O–H groups in total. The molecule has 2 nitrogen and oxygen atoms in total. The van der Waals surface area contributed by atoms with Gasteiger partial charge in [-0.25, -0.2) is 0 Å². The molecule has 0 atom stereocenters. The first kappa shape index (κ1) is 12.9. The van der Waals surface area contributed by atoms with Gasteiger partial charge in [-0.15, -0.1) is 0 Å². The zero-order valence-corrected chi connectivity index (χ0v) is 10.6. The number of rotatable bonds is 3. The topological polar surface area (TPSA) is 43.1 Å². The number of carbonyl (C=O) groups is 1. The Morgan fingerprint density at radius 2 is 1.47 bits per heavy atom. The van der Waals surface area contributed by atoms with Crippen LogP contribution in [0.25, 0.3) is 0 Å². The van der Waals surface area contributed by atoms with E-state index in [1.54, 1.807) is 0 Å². The molecule has 2 aromatic carbocycles. The number of carbonyl (C=O) groups excluding carboxylic acids is 1. The third-order valence-corrected chi connectivity index (χ3v) is 2.74. The fourth-order valence-corrected chi connectivity index (χ4v) is 1.69. The van der Waals surface area contributed by atoms with Crippen molar-refractivity contribution >= 4 is 5.91 Å². The molecule has 0 spiro atoms. The lowest BCUT2D eigenvalue weighted by Gasteiger charge is -1.98. The number of aryl methyl sites for hydroxylation is 1. The molecule has 0 radical (unpaired) electrons. The van der Waals surface area contributed by atoms with E-state index in [1.165, 1.54) is 0 Å². The Morgan fingerprint density at radius 1 is 0.895 bits per heavy atom. The molecule has 0 unspecified atom stereocenters. The van der Waals surface area contributed by atoms with Crippen molar-refractivity contribution in [2.75, 3.05) is 0 Å². The molecule has 0 saturated heterocycles. The first-order valence-corrected chi connectivity index (χ1v) is 6.18. The van der Waals surface area contributed by atoms with Crippen LogP contribution in [0.1, 0.15) is 23.1 Å². The van der Waals surface area contributed by atoms with E-state index < -0.39 is 0 Å². The van der Waals surface area contributed by atoms with Crippen molar-refractivity contribution in [2.45, 2.75) is 12.8 Å². The van der Waals surface area contributed by atoms with Crippen molar-refractivity contribution in [3.63, 3.8) is 0 Å². The monoisotopic (exact) mass is 249 g/mol. The summed E-state index contributed by atoms with van der Waals surface area (Å²) in [6, 6.07) is 17.8. The average Bonchev–Trinajstić information content (AvgIpc) is 2.45. The SMILES string of the molecule is NC(=O)CCc1ccc(C#Cc2ccccc2)cc1. The summed E-state index contributed by atoms with van der Waals surface area (Å²) >= 11 is 0.